The predicted molar refractivity (Wildman–Crippen MR) is 88.6 cm³/mol. The molecule has 0 aliphatic carbocycles. The Morgan fingerprint density at radius 1 is 1.08 bits per heavy atom. The molecular weight excluding hydrogens is 333 g/mol. The van der Waals surface area contributed by atoms with Gasteiger partial charge in [0.25, 0.3) is 5.82 Å². The van der Waals surface area contributed by atoms with Gasteiger partial charge in [-0.05, 0) is 30.7 Å². The van der Waals surface area contributed by atoms with E-state index in [0.29, 0.717) is 16.9 Å². The van der Waals surface area contributed by atoms with Crippen molar-refractivity contribution in [1.29, 1.82) is 0 Å². The van der Waals surface area contributed by atoms with Gasteiger partial charge in [0, 0.05) is 25.8 Å². The van der Waals surface area contributed by atoms with Crippen LogP contribution in [0.4, 0.5) is 24.7 Å². The van der Waals surface area contributed by atoms with Crippen LogP contribution in [0.15, 0.2) is 42.5 Å². The Labute approximate surface area is 142 Å². The number of benzene rings is 1. The molecule has 1 N–H and O–H groups in total. The third kappa shape index (κ3) is 3.98. The molecule has 0 saturated carbocycles. The first-order valence-corrected chi connectivity index (χ1v) is 7.75. The summed E-state index contributed by atoms with van der Waals surface area (Å²) in [5.41, 5.74) is 1.17. The Morgan fingerprint density at radius 3 is 2.56 bits per heavy atom. The van der Waals surface area contributed by atoms with Gasteiger partial charge in [-0.15, -0.1) is 15.3 Å². The van der Waals surface area contributed by atoms with Gasteiger partial charge in [-0.3, -0.25) is 0 Å². The summed E-state index contributed by atoms with van der Waals surface area (Å²) in [6, 6.07) is 13.0. The summed E-state index contributed by atoms with van der Waals surface area (Å²) in [7, 11) is 1.99. The van der Waals surface area contributed by atoms with Gasteiger partial charge in [0.2, 0.25) is 0 Å². The van der Waals surface area contributed by atoms with Crippen molar-refractivity contribution in [3.05, 3.63) is 48.3 Å². The number of alkyl halides is 3. The number of hydrogen-bond donors (Lipinski definition) is 1. The molecule has 0 bridgehead atoms. The second-order valence-electron chi connectivity index (χ2n) is 5.55. The molecule has 0 aliphatic heterocycles. The highest BCUT2D eigenvalue weighted by Gasteiger charge is 2.37. The summed E-state index contributed by atoms with van der Waals surface area (Å²) < 4.78 is 39.3. The Kier molecular flexibility index (Phi) is 4.73. The first kappa shape index (κ1) is 17.0. The minimum absolute atomic E-state index is 0.0571. The molecule has 0 atom stereocenters. The lowest BCUT2D eigenvalue weighted by atomic mass is 10.3. The van der Waals surface area contributed by atoms with Gasteiger partial charge in [-0.25, -0.2) is 0 Å². The van der Waals surface area contributed by atoms with E-state index in [1.165, 1.54) is 6.07 Å². The molecule has 0 saturated heterocycles. The van der Waals surface area contributed by atoms with Gasteiger partial charge in [-0.1, -0.05) is 18.2 Å². The zero-order chi connectivity index (χ0) is 17.9. The van der Waals surface area contributed by atoms with E-state index in [1.807, 2.05) is 37.4 Å². The standard InChI is InChI=1S/C16H17F3N6/c1-24(12-6-3-2-4-7-12)11-5-10-20-13-8-9-14-21-22-15(16(17,18)19)25(14)23-13/h2-4,6-9H,5,10-11H2,1H3,(H,20,23). The molecule has 0 unspecified atom stereocenters. The summed E-state index contributed by atoms with van der Waals surface area (Å²) >= 11 is 0. The van der Waals surface area contributed by atoms with Crippen molar-refractivity contribution in [2.45, 2.75) is 12.6 Å². The van der Waals surface area contributed by atoms with Crippen LogP contribution in [-0.4, -0.2) is 39.9 Å². The lowest BCUT2D eigenvalue weighted by Crippen LogP contribution is -2.21. The average Bonchev–Trinajstić information content (AvgIpc) is 3.03. The predicted octanol–water partition coefficient (Wildman–Crippen LogP) is 3.08. The van der Waals surface area contributed by atoms with Crippen molar-refractivity contribution in [2.75, 3.05) is 30.4 Å². The number of aromatic nitrogens is 4. The molecule has 9 heteroatoms. The average molecular weight is 350 g/mol. The molecule has 132 valence electrons. The van der Waals surface area contributed by atoms with Crippen molar-refractivity contribution < 1.29 is 13.2 Å². The maximum Gasteiger partial charge on any atom is 0.453 e. The summed E-state index contributed by atoms with van der Waals surface area (Å²) in [5, 5.41) is 13.6. The normalized spacial score (nSPS) is 11.7. The first-order chi connectivity index (χ1) is 11.9. The molecule has 1 aromatic carbocycles. The first-order valence-electron chi connectivity index (χ1n) is 7.75. The van der Waals surface area contributed by atoms with Crippen LogP contribution in [0.1, 0.15) is 12.2 Å². The van der Waals surface area contributed by atoms with E-state index in [9.17, 15) is 13.2 Å². The highest BCUT2D eigenvalue weighted by molar-refractivity contribution is 5.45. The van der Waals surface area contributed by atoms with Crippen LogP contribution in [0.25, 0.3) is 5.65 Å². The van der Waals surface area contributed by atoms with Crippen molar-refractivity contribution in [1.82, 2.24) is 19.8 Å². The number of nitrogens with zero attached hydrogens (tertiary/aromatic N) is 5. The smallest absolute Gasteiger partial charge is 0.375 e. The van der Waals surface area contributed by atoms with Crippen molar-refractivity contribution >= 4 is 17.2 Å². The summed E-state index contributed by atoms with van der Waals surface area (Å²) in [6.45, 7) is 1.39. The largest absolute Gasteiger partial charge is 0.453 e. The monoisotopic (exact) mass is 350 g/mol. The van der Waals surface area contributed by atoms with E-state index in [1.54, 1.807) is 6.07 Å². The van der Waals surface area contributed by atoms with Crippen LogP contribution in [0, 0.1) is 0 Å². The second kappa shape index (κ2) is 6.96. The molecule has 2 aromatic heterocycles. The number of halogens is 3. The molecule has 2 heterocycles. The maximum atomic E-state index is 12.9. The third-order valence-corrected chi connectivity index (χ3v) is 3.69. The molecule has 0 aliphatic rings. The van der Waals surface area contributed by atoms with E-state index in [-0.39, 0.29) is 5.65 Å². The van der Waals surface area contributed by atoms with Gasteiger partial charge in [0.05, 0.1) is 0 Å². The van der Waals surface area contributed by atoms with Crippen molar-refractivity contribution in [3.63, 3.8) is 0 Å². The number of rotatable bonds is 6. The SMILES string of the molecule is CN(CCCNc1ccc2nnc(C(F)(F)F)n2n1)c1ccccc1. The van der Waals surface area contributed by atoms with Gasteiger partial charge in [0.1, 0.15) is 5.82 Å². The Morgan fingerprint density at radius 2 is 1.84 bits per heavy atom. The maximum absolute atomic E-state index is 12.9. The Hall–Kier alpha value is -2.84. The molecule has 25 heavy (non-hydrogen) atoms. The van der Waals surface area contributed by atoms with Crippen LogP contribution in [0.2, 0.25) is 0 Å². The highest BCUT2D eigenvalue weighted by atomic mass is 19.4. The molecule has 0 radical (unpaired) electrons. The van der Waals surface area contributed by atoms with Gasteiger partial charge >= 0.3 is 6.18 Å². The molecule has 3 aromatic rings. The number of para-hydroxylation sites is 1. The number of nitrogens with one attached hydrogen (secondary N) is 1. The lowest BCUT2D eigenvalue weighted by molar-refractivity contribution is -0.146. The molecule has 0 fully saturated rings. The molecule has 6 nitrogen and oxygen atoms in total. The summed E-state index contributed by atoms with van der Waals surface area (Å²) in [5.74, 6) is -0.782. The summed E-state index contributed by atoms with van der Waals surface area (Å²) in [4.78, 5) is 2.11. The quantitative estimate of drug-likeness (QED) is 0.693. The molecule has 0 amide bonds. The van der Waals surface area contributed by atoms with Gasteiger partial charge in [-0.2, -0.15) is 17.7 Å². The van der Waals surface area contributed by atoms with Gasteiger partial charge < -0.3 is 10.2 Å². The van der Waals surface area contributed by atoms with Crippen LogP contribution in [0.5, 0.6) is 0 Å². The molecule has 0 spiro atoms. The minimum atomic E-state index is -4.59. The topological polar surface area (TPSA) is 58.3 Å². The van der Waals surface area contributed by atoms with Crippen LogP contribution >= 0.6 is 0 Å². The number of anilines is 2. The van der Waals surface area contributed by atoms with E-state index >= 15 is 0 Å². The highest BCUT2D eigenvalue weighted by Crippen LogP contribution is 2.27. The molecule has 3 rings (SSSR count). The van der Waals surface area contributed by atoms with Crippen LogP contribution in [-0.2, 0) is 6.18 Å². The van der Waals surface area contributed by atoms with E-state index in [4.69, 9.17) is 0 Å². The van der Waals surface area contributed by atoms with Crippen molar-refractivity contribution in [3.8, 4) is 0 Å². The minimum Gasteiger partial charge on any atom is -0.375 e. The van der Waals surface area contributed by atoms with E-state index < -0.39 is 12.0 Å². The van der Waals surface area contributed by atoms with E-state index in [0.717, 1.165) is 18.7 Å². The number of hydrogen-bond acceptors (Lipinski definition) is 5. The zero-order valence-corrected chi connectivity index (χ0v) is 13.5. The van der Waals surface area contributed by atoms with Crippen LogP contribution in [0.3, 0.4) is 0 Å². The van der Waals surface area contributed by atoms with Crippen molar-refractivity contribution in [2.24, 2.45) is 0 Å². The van der Waals surface area contributed by atoms with E-state index in [2.05, 4.69) is 25.5 Å². The van der Waals surface area contributed by atoms with Gasteiger partial charge in [0.15, 0.2) is 5.65 Å². The number of fused-ring (bicyclic) bond motifs is 1. The third-order valence-electron chi connectivity index (χ3n) is 3.69. The lowest BCUT2D eigenvalue weighted by Gasteiger charge is -2.19. The Bertz CT molecular complexity index is 831. The zero-order valence-electron chi connectivity index (χ0n) is 13.5. The fourth-order valence-electron chi connectivity index (χ4n) is 2.40. The fraction of sp³-hybridized carbons (Fsp3) is 0.312. The van der Waals surface area contributed by atoms with Crippen LogP contribution < -0.4 is 10.2 Å². The Balaban J connectivity index is 1.58. The summed E-state index contributed by atoms with van der Waals surface area (Å²) in [6.07, 6.45) is -3.79. The fourth-order valence-corrected chi connectivity index (χ4v) is 2.40. The molecular formula is C16H17F3N6. The second-order valence-corrected chi connectivity index (χ2v) is 5.55.